The maximum atomic E-state index is 13.1. The molecule has 2 heterocycles. The van der Waals surface area contributed by atoms with E-state index in [9.17, 15) is 9.59 Å². The van der Waals surface area contributed by atoms with Crippen LogP contribution in [0.1, 0.15) is 47.5 Å². The highest BCUT2D eigenvalue weighted by Crippen LogP contribution is 2.29. The van der Waals surface area contributed by atoms with Crippen molar-refractivity contribution in [3.63, 3.8) is 0 Å². The first-order chi connectivity index (χ1) is 15.4. The average molecular weight is 434 g/mol. The SMILES string of the molecule is COc1ccc(C(=O)N2CCC[C@H](c3nc(-c4ccc(NC(C)=O)cc4)no3)C2)c(C)c1. The first-order valence-electron chi connectivity index (χ1n) is 10.6. The first kappa shape index (κ1) is 21.5. The molecule has 2 aromatic carbocycles. The Morgan fingerprint density at radius 3 is 2.66 bits per heavy atom. The Labute approximate surface area is 186 Å². The Morgan fingerprint density at radius 2 is 1.97 bits per heavy atom. The van der Waals surface area contributed by atoms with Crippen LogP contribution in [0.15, 0.2) is 47.0 Å². The molecule has 8 nitrogen and oxygen atoms in total. The zero-order valence-electron chi connectivity index (χ0n) is 18.4. The van der Waals surface area contributed by atoms with Crippen molar-refractivity contribution in [1.82, 2.24) is 15.0 Å². The van der Waals surface area contributed by atoms with Crippen molar-refractivity contribution in [1.29, 1.82) is 0 Å². The molecule has 1 N–H and O–H groups in total. The van der Waals surface area contributed by atoms with Crippen LogP contribution in [0.4, 0.5) is 5.69 Å². The van der Waals surface area contributed by atoms with Gasteiger partial charge in [-0.25, -0.2) is 0 Å². The minimum Gasteiger partial charge on any atom is -0.497 e. The van der Waals surface area contributed by atoms with Crippen molar-refractivity contribution in [2.75, 3.05) is 25.5 Å². The highest BCUT2D eigenvalue weighted by molar-refractivity contribution is 5.96. The van der Waals surface area contributed by atoms with Crippen molar-refractivity contribution in [3.05, 3.63) is 59.5 Å². The monoisotopic (exact) mass is 434 g/mol. The summed E-state index contributed by atoms with van der Waals surface area (Å²) in [6, 6.07) is 12.8. The number of carbonyl (C=O) groups excluding carboxylic acids is 2. The van der Waals surface area contributed by atoms with Crippen LogP contribution in [-0.2, 0) is 4.79 Å². The molecule has 0 radical (unpaired) electrons. The number of aromatic nitrogens is 2. The van der Waals surface area contributed by atoms with Gasteiger partial charge in [0.15, 0.2) is 0 Å². The van der Waals surface area contributed by atoms with Crippen LogP contribution >= 0.6 is 0 Å². The fraction of sp³-hybridized carbons (Fsp3) is 0.333. The Balaban J connectivity index is 1.46. The summed E-state index contributed by atoms with van der Waals surface area (Å²) in [5.41, 5.74) is 3.07. The molecule has 1 aliphatic rings. The second-order valence-corrected chi connectivity index (χ2v) is 7.99. The summed E-state index contributed by atoms with van der Waals surface area (Å²) in [6.07, 6.45) is 1.75. The molecule has 8 heteroatoms. The number of nitrogens with one attached hydrogen (secondary N) is 1. The van der Waals surface area contributed by atoms with E-state index in [1.54, 1.807) is 19.2 Å². The Morgan fingerprint density at radius 1 is 1.19 bits per heavy atom. The minimum atomic E-state index is -0.124. The molecule has 1 atom stereocenters. The van der Waals surface area contributed by atoms with Gasteiger partial charge in [-0.1, -0.05) is 5.16 Å². The molecule has 0 spiro atoms. The molecule has 0 bridgehead atoms. The predicted octanol–water partition coefficient (Wildman–Crippen LogP) is 4.03. The van der Waals surface area contributed by atoms with Crippen LogP contribution in [0.2, 0.25) is 0 Å². The minimum absolute atomic E-state index is 0.00292. The second-order valence-electron chi connectivity index (χ2n) is 7.99. The Bertz CT molecular complexity index is 1120. The summed E-state index contributed by atoms with van der Waals surface area (Å²) in [6.45, 7) is 4.62. The number of carbonyl (C=O) groups is 2. The lowest BCUT2D eigenvalue weighted by Gasteiger charge is -2.31. The highest BCUT2D eigenvalue weighted by atomic mass is 16.5. The molecule has 1 aromatic heterocycles. The number of benzene rings is 2. The lowest BCUT2D eigenvalue weighted by Crippen LogP contribution is -2.39. The fourth-order valence-corrected chi connectivity index (χ4v) is 3.96. The van der Waals surface area contributed by atoms with E-state index in [-0.39, 0.29) is 17.7 Å². The third-order valence-electron chi connectivity index (χ3n) is 5.63. The number of anilines is 1. The van der Waals surface area contributed by atoms with Gasteiger partial charge in [-0.3, -0.25) is 9.59 Å². The molecule has 1 fully saturated rings. The number of ether oxygens (including phenoxy) is 1. The summed E-state index contributed by atoms with van der Waals surface area (Å²) >= 11 is 0. The number of amides is 2. The van der Waals surface area contributed by atoms with Crippen molar-refractivity contribution < 1.29 is 18.8 Å². The van der Waals surface area contributed by atoms with Gasteiger partial charge < -0.3 is 19.5 Å². The zero-order chi connectivity index (χ0) is 22.7. The van der Waals surface area contributed by atoms with Gasteiger partial charge in [-0.05, 0) is 67.8 Å². The van der Waals surface area contributed by atoms with Crippen LogP contribution in [0.25, 0.3) is 11.4 Å². The van der Waals surface area contributed by atoms with Gasteiger partial charge in [0.05, 0.1) is 13.0 Å². The number of methoxy groups -OCH3 is 1. The maximum Gasteiger partial charge on any atom is 0.254 e. The standard InChI is InChI=1S/C24H26N4O4/c1-15-13-20(31-3)10-11-21(15)24(30)28-12-4-5-18(14-28)23-26-22(27-32-23)17-6-8-19(9-7-17)25-16(2)29/h6-11,13,18H,4-5,12,14H2,1-3H3,(H,25,29)/t18-/m0/s1. The molecule has 4 rings (SSSR count). The van der Waals surface area contributed by atoms with E-state index in [1.165, 1.54) is 6.92 Å². The highest BCUT2D eigenvalue weighted by Gasteiger charge is 2.29. The van der Waals surface area contributed by atoms with Crippen LogP contribution in [0, 0.1) is 6.92 Å². The summed E-state index contributed by atoms with van der Waals surface area (Å²) in [5.74, 6) is 1.63. The average Bonchev–Trinajstić information content (AvgIpc) is 3.29. The molecule has 1 saturated heterocycles. The number of hydrogen-bond donors (Lipinski definition) is 1. The van der Waals surface area contributed by atoms with Gasteiger partial charge in [0, 0.05) is 36.8 Å². The van der Waals surface area contributed by atoms with Gasteiger partial charge >= 0.3 is 0 Å². The van der Waals surface area contributed by atoms with Crippen LogP contribution in [0.5, 0.6) is 5.75 Å². The lowest BCUT2D eigenvalue weighted by atomic mass is 9.96. The van der Waals surface area contributed by atoms with Gasteiger partial charge in [-0.15, -0.1) is 0 Å². The number of nitrogens with zero attached hydrogens (tertiary/aromatic N) is 3. The van der Waals surface area contributed by atoms with Crippen molar-refractivity contribution >= 4 is 17.5 Å². The van der Waals surface area contributed by atoms with E-state index >= 15 is 0 Å². The molecule has 0 saturated carbocycles. The predicted molar refractivity (Wildman–Crippen MR) is 120 cm³/mol. The summed E-state index contributed by atoms with van der Waals surface area (Å²) in [7, 11) is 1.61. The quantitative estimate of drug-likeness (QED) is 0.651. The second kappa shape index (κ2) is 9.21. The number of rotatable bonds is 5. The Kier molecular flexibility index (Phi) is 6.20. The molecule has 0 unspecified atom stereocenters. The molecular weight excluding hydrogens is 408 g/mol. The molecular formula is C24H26N4O4. The van der Waals surface area contributed by atoms with E-state index in [0.717, 1.165) is 29.7 Å². The van der Waals surface area contributed by atoms with Crippen molar-refractivity contribution in [2.24, 2.45) is 0 Å². The molecule has 1 aliphatic heterocycles. The lowest BCUT2D eigenvalue weighted by molar-refractivity contribution is -0.114. The normalized spacial score (nSPS) is 16.0. The number of hydrogen-bond acceptors (Lipinski definition) is 6. The van der Waals surface area contributed by atoms with E-state index in [4.69, 9.17) is 9.26 Å². The zero-order valence-corrected chi connectivity index (χ0v) is 18.4. The maximum absolute atomic E-state index is 13.1. The van der Waals surface area contributed by atoms with Gasteiger partial charge in [-0.2, -0.15) is 4.98 Å². The van der Waals surface area contributed by atoms with Crippen LogP contribution in [-0.4, -0.2) is 47.1 Å². The molecule has 3 aromatic rings. The molecule has 0 aliphatic carbocycles. The third kappa shape index (κ3) is 4.64. The van der Waals surface area contributed by atoms with Crippen molar-refractivity contribution in [3.8, 4) is 17.1 Å². The van der Waals surface area contributed by atoms with E-state index in [2.05, 4.69) is 15.5 Å². The topological polar surface area (TPSA) is 97.6 Å². The number of piperidine rings is 1. The Hall–Kier alpha value is -3.68. The van der Waals surface area contributed by atoms with E-state index in [1.807, 2.05) is 42.2 Å². The van der Waals surface area contributed by atoms with Gasteiger partial charge in [0.1, 0.15) is 5.75 Å². The summed E-state index contributed by atoms with van der Waals surface area (Å²) < 4.78 is 10.8. The third-order valence-corrected chi connectivity index (χ3v) is 5.63. The summed E-state index contributed by atoms with van der Waals surface area (Å²) in [5, 5.41) is 6.85. The van der Waals surface area contributed by atoms with Crippen LogP contribution < -0.4 is 10.1 Å². The number of aryl methyl sites for hydroxylation is 1. The van der Waals surface area contributed by atoms with E-state index in [0.29, 0.717) is 36.1 Å². The molecule has 2 amide bonds. The van der Waals surface area contributed by atoms with Crippen LogP contribution in [0.3, 0.4) is 0 Å². The van der Waals surface area contributed by atoms with Crippen molar-refractivity contribution in [2.45, 2.75) is 32.6 Å². The first-order valence-corrected chi connectivity index (χ1v) is 10.6. The molecule has 32 heavy (non-hydrogen) atoms. The smallest absolute Gasteiger partial charge is 0.254 e. The summed E-state index contributed by atoms with van der Waals surface area (Å²) in [4.78, 5) is 30.7. The van der Waals surface area contributed by atoms with E-state index < -0.39 is 0 Å². The number of likely N-dealkylation sites (tertiary alicyclic amines) is 1. The fourth-order valence-electron chi connectivity index (χ4n) is 3.96. The van der Waals surface area contributed by atoms with Gasteiger partial charge in [0.2, 0.25) is 17.6 Å². The molecule has 166 valence electrons. The van der Waals surface area contributed by atoms with Gasteiger partial charge in [0.25, 0.3) is 5.91 Å². The largest absolute Gasteiger partial charge is 0.497 e.